The Morgan fingerprint density at radius 2 is 1.63 bits per heavy atom. The van der Waals surface area contributed by atoms with Crippen LogP contribution in [-0.2, 0) is 19.1 Å². The Kier molecular flexibility index (Phi) is 5.76. The Hall–Kier alpha value is -2.45. The van der Waals surface area contributed by atoms with Gasteiger partial charge in [-0.15, -0.1) is 0 Å². The number of rotatable bonds is 4. The largest absolute Gasteiger partial charge is 0.465 e. The van der Waals surface area contributed by atoms with Crippen LogP contribution in [0.4, 0.5) is 5.69 Å². The number of hydrogen-bond acceptors (Lipinski definition) is 8. The molecule has 0 unspecified atom stereocenters. The predicted octanol–water partition coefficient (Wildman–Crippen LogP) is 3.47. The van der Waals surface area contributed by atoms with Crippen LogP contribution in [0.25, 0.3) is 0 Å². The number of fused-ring (bicyclic) bond motifs is 1. The summed E-state index contributed by atoms with van der Waals surface area (Å²) in [6, 6.07) is 7.45. The number of thioether (sulfide) groups is 2. The molecule has 0 saturated carbocycles. The van der Waals surface area contributed by atoms with E-state index in [1.807, 2.05) is 30.0 Å². The van der Waals surface area contributed by atoms with Crippen LogP contribution >= 0.6 is 23.5 Å². The Labute approximate surface area is 165 Å². The van der Waals surface area contributed by atoms with Crippen LogP contribution in [0, 0.1) is 0 Å². The molecule has 0 aliphatic carbocycles. The first-order valence-electron chi connectivity index (χ1n) is 8.11. The van der Waals surface area contributed by atoms with Gasteiger partial charge in [0.2, 0.25) is 5.78 Å². The van der Waals surface area contributed by atoms with Crippen LogP contribution in [0.1, 0.15) is 17.3 Å². The van der Waals surface area contributed by atoms with Crippen molar-refractivity contribution in [2.75, 3.05) is 25.7 Å². The van der Waals surface area contributed by atoms with Crippen molar-refractivity contribution in [3.8, 4) is 0 Å². The first-order valence-corrected chi connectivity index (χ1v) is 9.75. The number of benzene rings is 1. The van der Waals surface area contributed by atoms with E-state index in [-0.39, 0.29) is 15.6 Å². The third-order valence-corrected chi connectivity index (χ3v) is 6.46. The summed E-state index contributed by atoms with van der Waals surface area (Å²) in [5.41, 5.74) is 2.10. The molecule has 2 aliphatic rings. The highest BCUT2D eigenvalue weighted by Crippen LogP contribution is 2.50. The number of hydrogen-bond donors (Lipinski definition) is 0. The van der Waals surface area contributed by atoms with Crippen molar-refractivity contribution in [3.05, 3.63) is 61.7 Å². The van der Waals surface area contributed by atoms with E-state index in [1.54, 1.807) is 18.2 Å². The molecule has 1 aromatic carbocycles. The highest BCUT2D eigenvalue weighted by atomic mass is 32.2. The van der Waals surface area contributed by atoms with Gasteiger partial charge < -0.3 is 14.4 Å². The van der Waals surface area contributed by atoms with Crippen molar-refractivity contribution in [1.82, 2.24) is 0 Å². The van der Waals surface area contributed by atoms with Crippen molar-refractivity contribution in [2.24, 2.45) is 0 Å². The fourth-order valence-electron chi connectivity index (χ4n) is 2.78. The number of likely N-dealkylation sites (N-methyl/N-ethyl adjacent to an activating group) is 1. The Morgan fingerprint density at radius 1 is 1.04 bits per heavy atom. The van der Waals surface area contributed by atoms with Crippen molar-refractivity contribution < 1.29 is 23.9 Å². The molecule has 140 valence electrons. The molecule has 0 bridgehead atoms. The van der Waals surface area contributed by atoms with Gasteiger partial charge in [0.1, 0.15) is 9.81 Å². The highest BCUT2D eigenvalue weighted by molar-refractivity contribution is 8.29. The van der Waals surface area contributed by atoms with Gasteiger partial charge in [0.25, 0.3) is 0 Å². The van der Waals surface area contributed by atoms with Gasteiger partial charge in [-0.3, -0.25) is 4.79 Å². The molecule has 2 aliphatic heterocycles. The van der Waals surface area contributed by atoms with Crippen molar-refractivity contribution in [2.45, 2.75) is 6.92 Å². The molecular weight excluding hydrogens is 386 g/mol. The Morgan fingerprint density at radius 3 is 2.19 bits per heavy atom. The van der Waals surface area contributed by atoms with E-state index in [1.165, 1.54) is 14.2 Å². The van der Waals surface area contributed by atoms with Gasteiger partial charge in [0.05, 0.1) is 29.8 Å². The van der Waals surface area contributed by atoms with Gasteiger partial charge in [-0.1, -0.05) is 35.7 Å². The average Bonchev–Trinajstić information content (AvgIpc) is 3.24. The summed E-state index contributed by atoms with van der Waals surface area (Å²) in [7, 11) is 2.51. The molecule has 0 atom stereocenters. The van der Waals surface area contributed by atoms with Crippen LogP contribution in [0.15, 0.2) is 56.2 Å². The number of methoxy groups -OCH3 is 2. The lowest BCUT2D eigenvalue weighted by molar-refractivity contribution is -0.138. The minimum Gasteiger partial charge on any atom is -0.465 e. The van der Waals surface area contributed by atoms with E-state index in [2.05, 4.69) is 0 Å². The number of anilines is 1. The van der Waals surface area contributed by atoms with Gasteiger partial charge in [-0.05, 0) is 31.2 Å². The fourth-order valence-corrected chi connectivity index (χ4v) is 5.06. The fraction of sp³-hybridized carbons (Fsp3) is 0.211. The molecule has 0 amide bonds. The maximum absolute atomic E-state index is 12.7. The third kappa shape index (κ3) is 3.54. The Balaban J connectivity index is 1.90. The van der Waals surface area contributed by atoms with Gasteiger partial charge in [0.15, 0.2) is 0 Å². The molecule has 0 N–H and O–H groups in total. The normalized spacial score (nSPS) is 17.4. The van der Waals surface area contributed by atoms with Gasteiger partial charge >= 0.3 is 11.9 Å². The number of ketones is 1. The number of carbonyl (C=O) groups excluding carboxylic acids is 3. The minimum atomic E-state index is -0.594. The second kappa shape index (κ2) is 8.06. The first kappa shape index (κ1) is 19.3. The summed E-state index contributed by atoms with van der Waals surface area (Å²) in [5.74, 6) is -1.24. The van der Waals surface area contributed by atoms with Crippen molar-refractivity contribution in [3.63, 3.8) is 0 Å². The molecule has 2 heterocycles. The zero-order valence-corrected chi connectivity index (χ0v) is 16.6. The quantitative estimate of drug-likeness (QED) is 0.559. The minimum absolute atomic E-state index is 0.0494. The van der Waals surface area contributed by atoms with Gasteiger partial charge in [-0.2, -0.15) is 0 Å². The zero-order valence-electron chi connectivity index (χ0n) is 15.0. The topological polar surface area (TPSA) is 72.9 Å². The number of para-hydroxylation sites is 1. The summed E-state index contributed by atoms with van der Waals surface area (Å²) < 4.78 is 10.2. The molecule has 0 aromatic heterocycles. The van der Waals surface area contributed by atoms with E-state index < -0.39 is 11.9 Å². The van der Waals surface area contributed by atoms with E-state index in [0.717, 1.165) is 29.2 Å². The van der Waals surface area contributed by atoms with Gasteiger partial charge in [-0.25, -0.2) is 9.59 Å². The molecule has 6 nitrogen and oxygen atoms in total. The summed E-state index contributed by atoms with van der Waals surface area (Å²) in [5, 5.41) is 0. The number of carbonyl (C=O) groups is 3. The van der Waals surface area contributed by atoms with Crippen molar-refractivity contribution in [1.29, 1.82) is 0 Å². The lowest BCUT2D eigenvalue weighted by Crippen LogP contribution is -2.19. The molecule has 27 heavy (non-hydrogen) atoms. The molecule has 0 fully saturated rings. The van der Waals surface area contributed by atoms with Crippen molar-refractivity contribution >= 4 is 46.9 Å². The number of ether oxygens (including phenoxy) is 2. The SMILES string of the molecule is CCN1/C(=C\C=C2SC(C(=O)OC)=C(C(=O)OC)S2)C(=O)c2ccccc21. The van der Waals surface area contributed by atoms with E-state index in [9.17, 15) is 14.4 Å². The lowest BCUT2D eigenvalue weighted by atomic mass is 10.1. The highest BCUT2D eigenvalue weighted by Gasteiger charge is 2.33. The van der Waals surface area contributed by atoms with Crippen LogP contribution in [0.3, 0.4) is 0 Å². The molecular formula is C19H17NO5S2. The first-order chi connectivity index (χ1) is 13.0. The Bertz CT molecular complexity index is 886. The number of nitrogens with zero attached hydrogens (tertiary/aromatic N) is 1. The molecule has 0 radical (unpaired) electrons. The van der Waals surface area contributed by atoms with Gasteiger partial charge in [0, 0.05) is 12.1 Å². The predicted molar refractivity (Wildman–Crippen MR) is 106 cm³/mol. The second-order valence-corrected chi connectivity index (χ2v) is 7.84. The molecule has 8 heteroatoms. The van der Waals surface area contributed by atoms with Crippen LogP contribution < -0.4 is 4.90 Å². The lowest BCUT2D eigenvalue weighted by Gasteiger charge is -2.17. The van der Waals surface area contributed by atoms with E-state index in [4.69, 9.17) is 9.47 Å². The van der Waals surface area contributed by atoms with Crippen LogP contribution in [-0.4, -0.2) is 38.5 Å². The molecule has 3 rings (SSSR count). The summed E-state index contributed by atoms with van der Waals surface area (Å²) in [4.78, 5) is 38.9. The summed E-state index contributed by atoms with van der Waals surface area (Å²) in [6.45, 7) is 2.62. The summed E-state index contributed by atoms with van der Waals surface area (Å²) >= 11 is 2.25. The maximum Gasteiger partial charge on any atom is 0.346 e. The van der Waals surface area contributed by atoms with Crippen LogP contribution in [0.2, 0.25) is 0 Å². The maximum atomic E-state index is 12.7. The zero-order chi connectivity index (χ0) is 19.6. The molecule has 0 spiro atoms. The van der Waals surface area contributed by atoms with E-state index in [0.29, 0.717) is 22.0 Å². The third-order valence-electron chi connectivity index (χ3n) is 4.01. The smallest absolute Gasteiger partial charge is 0.346 e. The monoisotopic (exact) mass is 403 g/mol. The number of allylic oxidation sites excluding steroid dienone is 3. The molecule has 0 saturated heterocycles. The average molecular weight is 403 g/mol. The molecule has 1 aromatic rings. The van der Waals surface area contributed by atoms with E-state index >= 15 is 0 Å². The number of Topliss-reactive ketones (excluding diaryl/α,β-unsaturated/α-hetero) is 1. The second-order valence-electron chi connectivity index (χ2n) is 5.47. The standard InChI is InChI=1S/C19H17NO5S2/c1-4-20-12-8-6-5-7-11(12)15(21)13(20)9-10-14-26-16(18(22)24-2)17(27-14)19(23)25-3/h5-10H,4H2,1-3H3/b13-9-. The van der Waals surface area contributed by atoms with Crippen LogP contribution in [0.5, 0.6) is 0 Å². The summed E-state index contributed by atoms with van der Waals surface area (Å²) in [6.07, 6.45) is 3.45. The number of esters is 2.